The molecule has 2 aromatic rings. The van der Waals surface area contributed by atoms with Gasteiger partial charge in [-0.15, -0.1) is 0 Å². The van der Waals surface area contributed by atoms with E-state index in [1.807, 2.05) is 12.1 Å². The van der Waals surface area contributed by atoms with Gasteiger partial charge in [-0.1, -0.05) is 44.0 Å². The maximum Gasteiger partial charge on any atom is 0.335 e. The van der Waals surface area contributed by atoms with E-state index in [0.717, 1.165) is 28.2 Å². The molecule has 0 spiro atoms. The van der Waals surface area contributed by atoms with Crippen LogP contribution in [0.25, 0.3) is 0 Å². The Hall–Kier alpha value is -2.64. The number of nitrogens with one attached hydrogen (secondary N) is 1. The predicted molar refractivity (Wildman–Crippen MR) is 99.7 cm³/mol. The van der Waals surface area contributed by atoms with Crippen molar-refractivity contribution >= 4 is 28.9 Å². The molecule has 24 heavy (non-hydrogen) atoms. The van der Waals surface area contributed by atoms with Crippen molar-refractivity contribution in [3.8, 4) is 11.8 Å². The predicted octanol–water partition coefficient (Wildman–Crippen LogP) is 4.21. The maximum absolute atomic E-state index is 10.9. The van der Waals surface area contributed by atoms with Crippen LogP contribution in [0.2, 0.25) is 0 Å². The fraction of sp³-hybridized carbons (Fsp3) is 0.200. The molecule has 0 aliphatic carbocycles. The molecule has 2 N–H and O–H groups in total. The molecule has 3 nitrogen and oxygen atoms in total. The number of anilines is 1. The van der Waals surface area contributed by atoms with Crippen molar-refractivity contribution in [2.45, 2.75) is 25.7 Å². The largest absolute Gasteiger partial charge is 0.478 e. The van der Waals surface area contributed by atoms with Crippen LogP contribution in [0.1, 0.15) is 47.3 Å². The minimum absolute atomic E-state index is 0.0241. The number of aromatic carboxylic acids is 1. The average Bonchev–Trinajstić information content (AvgIpc) is 2.52. The summed E-state index contributed by atoms with van der Waals surface area (Å²) in [4.78, 5) is 11.7. The zero-order chi connectivity index (χ0) is 17.3. The summed E-state index contributed by atoms with van der Waals surface area (Å²) in [5.74, 6) is 5.25. The molecule has 1 aliphatic rings. The average molecular weight is 335 g/mol. The quantitative estimate of drug-likeness (QED) is 0.605. The first-order valence-corrected chi connectivity index (χ1v) is 8.06. The fourth-order valence-electron chi connectivity index (χ4n) is 2.85. The molecule has 0 saturated heterocycles. The first-order chi connectivity index (χ1) is 11.3. The number of rotatable bonds is 1. The van der Waals surface area contributed by atoms with Gasteiger partial charge in [0.2, 0.25) is 0 Å². The van der Waals surface area contributed by atoms with E-state index in [1.165, 1.54) is 5.56 Å². The summed E-state index contributed by atoms with van der Waals surface area (Å²) in [6, 6.07) is 12.7. The van der Waals surface area contributed by atoms with Crippen molar-refractivity contribution in [2.24, 2.45) is 0 Å². The standard InChI is InChI=1S/C20H17NO2S/c1-20(2)12-18(24)21-17-11-14(7-10-16(17)20)4-3-13-5-8-15(9-6-13)19(22)23/h5-11H,12H2,1-2H3,(H,21,24)(H,22,23). The van der Waals surface area contributed by atoms with Crippen molar-refractivity contribution in [1.29, 1.82) is 0 Å². The summed E-state index contributed by atoms with van der Waals surface area (Å²) in [6.07, 6.45) is 0.844. The molecular formula is C20H17NO2S. The Morgan fingerprint density at radius 3 is 2.42 bits per heavy atom. The fourth-order valence-corrected chi connectivity index (χ4v) is 3.32. The number of benzene rings is 2. The molecule has 0 amide bonds. The van der Waals surface area contributed by atoms with Crippen LogP contribution in [0.5, 0.6) is 0 Å². The van der Waals surface area contributed by atoms with Gasteiger partial charge in [0.15, 0.2) is 0 Å². The van der Waals surface area contributed by atoms with E-state index >= 15 is 0 Å². The van der Waals surface area contributed by atoms with Crippen LogP contribution in [-0.4, -0.2) is 16.1 Å². The first-order valence-electron chi connectivity index (χ1n) is 7.65. The molecule has 4 heteroatoms. The van der Waals surface area contributed by atoms with E-state index in [9.17, 15) is 4.79 Å². The normalized spacial score (nSPS) is 14.8. The molecule has 1 aliphatic heterocycles. The van der Waals surface area contributed by atoms with E-state index in [1.54, 1.807) is 24.3 Å². The second kappa shape index (κ2) is 6.10. The summed E-state index contributed by atoms with van der Waals surface area (Å²) in [5.41, 5.74) is 4.22. The highest BCUT2D eigenvalue weighted by Crippen LogP contribution is 2.37. The Morgan fingerprint density at radius 1 is 1.12 bits per heavy atom. The minimum Gasteiger partial charge on any atom is -0.478 e. The number of hydrogen-bond donors (Lipinski definition) is 2. The van der Waals surface area contributed by atoms with Gasteiger partial charge < -0.3 is 10.4 Å². The zero-order valence-electron chi connectivity index (χ0n) is 13.5. The SMILES string of the molecule is CC1(C)CC(=S)Nc2cc(C#Cc3ccc(C(=O)O)cc3)ccc21. The lowest BCUT2D eigenvalue weighted by molar-refractivity contribution is 0.0697. The Balaban J connectivity index is 1.89. The van der Waals surface area contributed by atoms with E-state index in [4.69, 9.17) is 17.3 Å². The van der Waals surface area contributed by atoms with Crippen molar-refractivity contribution in [3.63, 3.8) is 0 Å². The van der Waals surface area contributed by atoms with Crippen LogP contribution in [0.15, 0.2) is 42.5 Å². The number of carboxylic acid groups (broad SMARTS) is 1. The van der Waals surface area contributed by atoms with Gasteiger partial charge in [-0.05, 0) is 47.4 Å². The van der Waals surface area contributed by atoms with Crippen molar-refractivity contribution < 1.29 is 9.90 Å². The second-order valence-corrected chi connectivity index (χ2v) is 6.99. The Kier molecular flexibility index (Phi) is 4.13. The highest BCUT2D eigenvalue weighted by Gasteiger charge is 2.29. The third kappa shape index (κ3) is 3.32. The highest BCUT2D eigenvalue weighted by atomic mass is 32.1. The van der Waals surface area contributed by atoms with Crippen LogP contribution in [-0.2, 0) is 5.41 Å². The van der Waals surface area contributed by atoms with Crippen LogP contribution in [0.4, 0.5) is 5.69 Å². The van der Waals surface area contributed by atoms with Crippen LogP contribution in [0.3, 0.4) is 0 Å². The number of thiocarbonyl (C=S) groups is 1. The van der Waals surface area contributed by atoms with Gasteiger partial charge >= 0.3 is 5.97 Å². The monoisotopic (exact) mass is 335 g/mol. The Labute approximate surface area is 146 Å². The number of fused-ring (bicyclic) bond motifs is 1. The van der Waals surface area contributed by atoms with Gasteiger partial charge in [-0.2, -0.15) is 0 Å². The van der Waals surface area contributed by atoms with Gasteiger partial charge in [0.1, 0.15) is 0 Å². The third-order valence-electron chi connectivity index (χ3n) is 4.11. The van der Waals surface area contributed by atoms with Gasteiger partial charge in [-0.3, -0.25) is 0 Å². The van der Waals surface area contributed by atoms with Crippen molar-refractivity contribution in [2.75, 3.05) is 5.32 Å². The number of carbonyl (C=O) groups is 1. The summed E-state index contributed by atoms with van der Waals surface area (Å²) in [7, 11) is 0. The molecule has 120 valence electrons. The van der Waals surface area contributed by atoms with Crippen LogP contribution < -0.4 is 5.32 Å². The molecule has 0 unspecified atom stereocenters. The number of hydrogen-bond acceptors (Lipinski definition) is 2. The topological polar surface area (TPSA) is 49.3 Å². The molecular weight excluding hydrogens is 318 g/mol. The zero-order valence-corrected chi connectivity index (χ0v) is 14.3. The Morgan fingerprint density at radius 2 is 1.75 bits per heavy atom. The van der Waals surface area contributed by atoms with E-state index < -0.39 is 5.97 Å². The molecule has 0 fully saturated rings. The van der Waals surface area contributed by atoms with Crippen molar-refractivity contribution in [3.05, 3.63) is 64.7 Å². The molecule has 0 atom stereocenters. The lowest BCUT2D eigenvalue weighted by Crippen LogP contribution is -2.31. The van der Waals surface area contributed by atoms with E-state index in [-0.39, 0.29) is 11.0 Å². The summed E-state index contributed by atoms with van der Waals surface area (Å²) < 4.78 is 0. The summed E-state index contributed by atoms with van der Waals surface area (Å²) in [5, 5.41) is 12.2. The molecule has 0 aromatic heterocycles. The van der Waals surface area contributed by atoms with Gasteiger partial charge in [0.25, 0.3) is 0 Å². The lowest BCUT2D eigenvalue weighted by atomic mass is 9.78. The summed E-state index contributed by atoms with van der Waals surface area (Å²) >= 11 is 5.35. The third-order valence-corrected chi connectivity index (χ3v) is 4.35. The van der Waals surface area contributed by atoms with Crippen LogP contribution in [0, 0.1) is 11.8 Å². The van der Waals surface area contributed by atoms with E-state index in [2.05, 4.69) is 37.1 Å². The molecule has 2 aromatic carbocycles. The number of carboxylic acids is 1. The molecule has 0 bridgehead atoms. The molecule has 1 heterocycles. The first kappa shape index (κ1) is 16.2. The molecule has 3 rings (SSSR count). The summed E-state index contributed by atoms with van der Waals surface area (Å²) in [6.45, 7) is 4.38. The lowest BCUT2D eigenvalue weighted by Gasteiger charge is -2.33. The smallest absolute Gasteiger partial charge is 0.335 e. The molecule has 0 radical (unpaired) electrons. The minimum atomic E-state index is -0.936. The van der Waals surface area contributed by atoms with Crippen molar-refractivity contribution in [1.82, 2.24) is 0 Å². The molecule has 0 saturated carbocycles. The van der Waals surface area contributed by atoms with Gasteiger partial charge in [-0.25, -0.2) is 4.79 Å². The van der Waals surface area contributed by atoms with Crippen LogP contribution >= 0.6 is 12.2 Å². The van der Waals surface area contributed by atoms with Gasteiger partial charge in [0, 0.05) is 23.2 Å². The van der Waals surface area contributed by atoms with Gasteiger partial charge in [0.05, 0.1) is 10.6 Å². The Bertz CT molecular complexity index is 886. The highest BCUT2D eigenvalue weighted by molar-refractivity contribution is 7.80. The van der Waals surface area contributed by atoms with E-state index in [0.29, 0.717) is 0 Å². The second-order valence-electron chi connectivity index (χ2n) is 6.50. The maximum atomic E-state index is 10.9.